The summed E-state index contributed by atoms with van der Waals surface area (Å²) >= 11 is 0. The fourth-order valence-corrected chi connectivity index (χ4v) is 4.68. The average molecular weight is 396 g/mol. The van der Waals surface area contributed by atoms with Crippen LogP contribution in [0, 0.1) is 0 Å². The maximum atomic E-state index is 12.5. The van der Waals surface area contributed by atoms with Crippen LogP contribution >= 0.6 is 0 Å². The minimum Gasteiger partial charge on any atom is -0.341 e. The van der Waals surface area contributed by atoms with E-state index >= 15 is 0 Å². The smallest absolute Gasteiger partial charge is 0.251 e. The number of rotatable bonds is 7. The van der Waals surface area contributed by atoms with Crippen LogP contribution in [0.4, 0.5) is 0 Å². The first-order valence-electron chi connectivity index (χ1n) is 9.51. The van der Waals surface area contributed by atoms with E-state index in [2.05, 4.69) is 5.32 Å². The molecular weight excluding hydrogens is 366 g/mol. The maximum Gasteiger partial charge on any atom is 0.251 e. The van der Waals surface area contributed by atoms with E-state index in [4.69, 9.17) is 0 Å². The SMILES string of the molecule is CCN(CC)S(=O)(=O)c1ccc(C(=O)N[C@H](C)C(=O)N2CCCCC2)cc1. The number of hydrogen-bond acceptors (Lipinski definition) is 4. The zero-order chi connectivity index (χ0) is 20.0. The molecule has 0 unspecified atom stereocenters. The fourth-order valence-electron chi connectivity index (χ4n) is 3.22. The van der Waals surface area contributed by atoms with E-state index in [1.807, 2.05) is 0 Å². The fraction of sp³-hybridized carbons (Fsp3) is 0.579. The monoisotopic (exact) mass is 395 g/mol. The molecule has 1 aromatic carbocycles. The average Bonchev–Trinajstić information content (AvgIpc) is 2.68. The quantitative estimate of drug-likeness (QED) is 0.763. The van der Waals surface area contributed by atoms with Gasteiger partial charge in [-0.05, 0) is 50.5 Å². The normalized spacial score (nSPS) is 16.2. The molecule has 27 heavy (non-hydrogen) atoms. The van der Waals surface area contributed by atoms with E-state index in [0.29, 0.717) is 18.7 Å². The van der Waals surface area contributed by atoms with Crippen molar-refractivity contribution in [3.05, 3.63) is 29.8 Å². The van der Waals surface area contributed by atoms with Crippen molar-refractivity contribution in [3.63, 3.8) is 0 Å². The van der Waals surface area contributed by atoms with Crippen molar-refractivity contribution in [1.82, 2.24) is 14.5 Å². The Labute approximate surface area is 161 Å². The highest BCUT2D eigenvalue weighted by molar-refractivity contribution is 7.89. The summed E-state index contributed by atoms with van der Waals surface area (Å²) < 4.78 is 26.3. The van der Waals surface area contributed by atoms with Crippen LogP contribution in [0.2, 0.25) is 0 Å². The van der Waals surface area contributed by atoms with Crippen LogP contribution < -0.4 is 5.32 Å². The highest BCUT2D eigenvalue weighted by Crippen LogP contribution is 2.16. The number of nitrogens with zero attached hydrogens (tertiary/aromatic N) is 2. The van der Waals surface area contributed by atoms with Gasteiger partial charge in [0.15, 0.2) is 0 Å². The molecule has 0 saturated carbocycles. The van der Waals surface area contributed by atoms with Gasteiger partial charge in [0, 0.05) is 31.7 Å². The predicted octanol–water partition coefficient (Wildman–Crippen LogP) is 1.85. The molecule has 1 heterocycles. The molecule has 1 aromatic rings. The summed E-state index contributed by atoms with van der Waals surface area (Å²) in [6.07, 6.45) is 3.12. The van der Waals surface area contributed by atoms with Crippen LogP contribution in [-0.4, -0.2) is 61.7 Å². The van der Waals surface area contributed by atoms with Crippen LogP contribution in [0.5, 0.6) is 0 Å². The molecular formula is C19H29N3O4S. The number of hydrogen-bond donors (Lipinski definition) is 1. The lowest BCUT2D eigenvalue weighted by Crippen LogP contribution is -2.48. The molecule has 1 N–H and O–H groups in total. The van der Waals surface area contributed by atoms with E-state index in [9.17, 15) is 18.0 Å². The molecule has 150 valence electrons. The van der Waals surface area contributed by atoms with Crippen LogP contribution in [0.1, 0.15) is 50.4 Å². The number of carbonyl (C=O) groups excluding carboxylic acids is 2. The van der Waals surface area contributed by atoms with Gasteiger partial charge in [0.05, 0.1) is 4.90 Å². The molecule has 0 bridgehead atoms. The molecule has 0 aromatic heterocycles. The molecule has 1 atom stereocenters. The van der Waals surface area contributed by atoms with Crippen molar-refractivity contribution in [3.8, 4) is 0 Å². The van der Waals surface area contributed by atoms with Crippen LogP contribution in [-0.2, 0) is 14.8 Å². The number of nitrogens with one attached hydrogen (secondary N) is 1. The van der Waals surface area contributed by atoms with E-state index in [1.54, 1.807) is 25.7 Å². The Bertz CT molecular complexity index is 752. The number of benzene rings is 1. The summed E-state index contributed by atoms with van der Waals surface area (Å²) in [6.45, 7) is 7.48. The van der Waals surface area contributed by atoms with Gasteiger partial charge in [-0.2, -0.15) is 4.31 Å². The maximum absolute atomic E-state index is 12.5. The van der Waals surface area contributed by atoms with Crippen molar-refractivity contribution >= 4 is 21.8 Å². The molecule has 2 amide bonds. The van der Waals surface area contributed by atoms with E-state index in [0.717, 1.165) is 32.4 Å². The van der Waals surface area contributed by atoms with Gasteiger partial charge in [-0.1, -0.05) is 13.8 Å². The predicted molar refractivity (Wildman–Crippen MR) is 104 cm³/mol. The molecule has 0 aliphatic carbocycles. The second kappa shape index (κ2) is 9.32. The molecule has 0 spiro atoms. The molecule has 1 saturated heterocycles. The topological polar surface area (TPSA) is 86.8 Å². The zero-order valence-corrected chi connectivity index (χ0v) is 17.1. The Morgan fingerprint density at radius 1 is 1.07 bits per heavy atom. The second-order valence-electron chi connectivity index (χ2n) is 6.69. The Balaban J connectivity index is 2.03. The summed E-state index contributed by atoms with van der Waals surface area (Å²) in [7, 11) is -3.55. The standard InChI is InChI=1S/C19H29N3O4S/c1-4-22(5-2)27(25,26)17-11-9-16(10-12-17)18(23)20-15(3)19(24)21-13-7-6-8-14-21/h9-12,15H,4-8,13-14H2,1-3H3,(H,20,23)/t15-/m1/s1. The van der Waals surface area contributed by atoms with Gasteiger partial charge >= 0.3 is 0 Å². The third-order valence-electron chi connectivity index (χ3n) is 4.85. The van der Waals surface area contributed by atoms with E-state index < -0.39 is 16.1 Å². The highest BCUT2D eigenvalue weighted by Gasteiger charge is 2.25. The van der Waals surface area contributed by atoms with Crippen molar-refractivity contribution < 1.29 is 18.0 Å². The number of piperidine rings is 1. The Kier molecular flexibility index (Phi) is 7.38. The number of carbonyl (C=O) groups is 2. The minimum absolute atomic E-state index is 0.0798. The van der Waals surface area contributed by atoms with E-state index in [1.165, 1.54) is 28.6 Å². The third-order valence-corrected chi connectivity index (χ3v) is 6.91. The van der Waals surface area contributed by atoms with Crippen molar-refractivity contribution in [1.29, 1.82) is 0 Å². The highest BCUT2D eigenvalue weighted by atomic mass is 32.2. The van der Waals surface area contributed by atoms with Gasteiger partial charge in [-0.25, -0.2) is 8.42 Å². The lowest BCUT2D eigenvalue weighted by Gasteiger charge is -2.29. The Morgan fingerprint density at radius 2 is 1.63 bits per heavy atom. The van der Waals surface area contributed by atoms with Gasteiger partial charge in [0.25, 0.3) is 5.91 Å². The lowest BCUT2D eigenvalue weighted by molar-refractivity contribution is -0.133. The largest absolute Gasteiger partial charge is 0.341 e. The van der Waals surface area contributed by atoms with Crippen molar-refractivity contribution in [2.75, 3.05) is 26.2 Å². The molecule has 2 rings (SSSR count). The summed E-state index contributed by atoms with van der Waals surface area (Å²) in [5.74, 6) is -0.469. The molecule has 1 aliphatic heterocycles. The van der Waals surface area contributed by atoms with E-state index in [-0.39, 0.29) is 16.7 Å². The van der Waals surface area contributed by atoms with Gasteiger partial charge in [0.1, 0.15) is 6.04 Å². The first-order chi connectivity index (χ1) is 12.8. The Hall–Kier alpha value is -1.93. The lowest BCUT2D eigenvalue weighted by atomic mass is 10.1. The van der Waals surface area contributed by atoms with Crippen LogP contribution in [0.3, 0.4) is 0 Å². The molecule has 0 radical (unpaired) electrons. The number of likely N-dealkylation sites (tertiary alicyclic amines) is 1. The zero-order valence-electron chi connectivity index (χ0n) is 16.3. The molecule has 1 aliphatic rings. The first kappa shape index (κ1) is 21.4. The number of amides is 2. The molecule has 1 fully saturated rings. The van der Waals surface area contributed by atoms with Crippen molar-refractivity contribution in [2.45, 2.75) is 51.0 Å². The summed E-state index contributed by atoms with van der Waals surface area (Å²) in [4.78, 5) is 26.8. The second-order valence-corrected chi connectivity index (χ2v) is 8.63. The van der Waals surface area contributed by atoms with Gasteiger partial charge in [0.2, 0.25) is 15.9 Å². The Morgan fingerprint density at radius 3 is 2.15 bits per heavy atom. The first-order valence-corrected chi connectivity index (χ1v) is 10.9. The van der Waals surface area contributed by atoms with Gasteiger partial charge in [-0.15, -0.1) is 0 Å². The summed E-state index contributed by atoms with van der Waals surface area (Å²) in [5, 5.41) is 2.71. The summed E-state index contributed by atoms with van der Waals surface area (Å²) in [5.41, 5.74) is 0.326. The van der Waals surface area contributed by atoms with Gasteiger partial charge < -0.3 is 10.2 Å². The van der Waals surface area contributed by atoms with Crippen LogP contribution in [0.25, 0.3) is 0 Å². The summed E-state index contributed by atoms with van der Waals surface area (Å²) in [6, 6.07) is 5.20. The van der Waals surface area contributed by atoms with Gasteiger partial charge in [-0.3, -0.25) is 9.59 Å². The minimum atomic E-state index is -3.55. The molecule has 8 heteroatoms. The number of sulfonamides is 1. The van der Waals surface area contributed by atoms with Crippen LogP contribution in [0.15, 0.2) is 29.2 Å². The van der Waals surface area contributed by atoms with Crippen molar-refractivity contribution in [2.24, 2.45) is 0 Å². The third kappa shape index (κ3) is 5.07. The molecule has 7 nitrogen and oxygen atoms in total.